The van der Waals surface area contributed by atoms with Crippen LogP contribution in [0.5, 0.6) is 0 Å². The van der Waals surface area contributed by atoms with Crippen molar-refractivity contribution < 1.29 is 17.4 Å². The van der Waals surface area contributed by atoms with Gasteiger partial charge in [-0.3, -0.25) is 9.00 Å². The number of aromatic nitrogens is 2. The number of alkyl halides is 3. The van der Waals surface area contributed by atoms with Gasteiger partial charge in [-0.1, -0.05) is 11.6 Å². The van der Waals surface area contributed by atoms with Crippen molar-refractivity contribution in [1.82, 2.24) is 9.78 Å². The van der Waals surface area contributed by atoms with E-state index in [1.54, 1.807) is 0 Å². The fourth-order valence-electron chi connectivity index (χ4n) is 1.20. The van der Waals surface area contributed by atoms with E-state index < -0.39 is 29.1 Å². The molecule has 0 aliphatic rings. The molecule has 0 fully saturated rings. The molecule has 5 nitrogen and oxygen atoms in total. The topological polar surface area (TPSA) is 64.0 Å². The van der Waals surface area contributed by atoms with E-state index >= 15 is 0 Å². The fraction of sp³-hybridized carbons (Fsp3) is 0.556. The van der Waals surface area contributed by atoms with Crippen LogP contribution in [0.2, 0.25) is 5.02 Å². The molecular formula is C9H11ClF3N3O2S. The molecule has 0 spiro atoms. The lowest BCUT2D eigenvalue weighted by molar-refractivity contribution is -0.143. The molecule has 1 atom stereocenters. The summed E-state index contributed by atoms with van der Waals surface area (Å²) in [4.78, 5) is 11.5. The van der Waals surface area contributed by atoms with Crippen molar-refractivity contribution >= 4 is 28.1 Å². The van der Waals surface area contributed by atoms with Gasteiger partial charge in [0.1, 0.15) is 11.6 Å². The Hall–Kier alpha value is -1.09. The Balaban J connectivity index is 2.86. The minimum Gasteiger partial charge on any atom is -0.381 e. The second-order valence-corrected chi connectivity index (χ2v) is 5.59. The number of rotatable bonds is 5. The quantitative estimate of drug-likeness (QED) is 0.888. The monoisotopic (exact) mass is 317 g/mol. The summed E-state index contributed by atoms with van der Waals surface area (Å²) in [5, 5.41) is 5.70. The number of nitrogens with one attached hydrogen (secondary N) is 1. The lowest BCUT2D eigenvalue weighted by Gasteiger charge is -2.11. The molecule has 1 rings (SSSR count). The van der Waals surface area contributed by atoms with Crippen LogP contribution in [0.4, 0.5) is 18.9 Å². The van der Waals surface area contributed by atoms with Gasteiger partial charge >= 0.3 is 6.18 Å². The van der Waals surface area contributed by atoms with Gasteiger partial charge in [-0.2, -0.15) is 18.3 Å². The second kappa shape index (κ2) is 6.38. The highest BCUT2D eigenvalue weighted by molar-refractivity contribution is 7.84. The van der Waals surface area contributed by atoms with Crippen LogP contribution < -0.4 is 10.9 Å². The third kappa shape index (κ3) is 5.19. The van der Waals surface area contributed by atoms with E-state index in [2.05, 4.69) is 10.4 Å². The highest BCUT2D eigenvalue weighted by Gasteiger charge is 2.29. The van der Waals surface area contributed by atoms with Crippen LogP contribution in [0.1, 0.15) is 0 Å². The van der Waals surface area contributed by atoms with Gasteiger partial charge < -0.3 is 5.32 Å². The molecule has 0 saturated carbocycles. The predicted molar refractivity (Wildman–Crippen MR) is 67.0 cm³/mol. The first-order valence-electron chi connectivity index (χ1n) is 5.07. The largest absolute Gasteiger partial charge is 0.408 e. The van der Waals surface area contributed by atoms with Gasteiger partial charge in [0, 0.05) is 29.4 Å². The Morgan fingerprint density at radius 3 is 2.68 bits per heavy atom. The lowest BCUT2D eigenvalue weighted by atomic mass is 10.4. The first-order chi connectivity index (χ1) is 8.70. The highest BCUT2D eigenvalue weighted by Crippen LogP contribution is 2.18. The van der Waals surface area contributed by atoms with Crippen molar-refractivity contribution in [3.63, 3.8) is 0 Å². The molecule has 1 aromatic rings. The van der Waals surface area contributed by atoms with E-state index in [0.29, 0.717) is 5.75 Å². The molecule has 0 aromatic carbocycles. The molecule has 0 bridgehead atoms. The molecule has 1 heterocycles. The van der Waals surface area contributed by atoms with Gasteiger partial charge in [0.25, 0.3) is 5.56 Å². The van der Waals surface area contributed by atoms with Crippen LogP contribution in [0, 0.1) is 0 Å². The van der Waals surface area contributed by atoms with Crippen molar-refractivity contribution in [3.05, 3.63) is 21.6 Å². The number of hydrogen-bond donors (Lipinski definition) is 1. The summed E-state index contributed by atoms with van der Waals surface area (Å²) < 4.78 is 47.5. The van der Waals surface area contributed by atoms with Gasteiger partial charge in [0.15, 0.2) is 0 Å². The molecular weight excluding hydrogens is 307 g/mol. The predicted octanol–water partition coefficient (Wildman–Crippen LogP) is 1.25. The van der Waals surface area contributed by atoms with Gasteiger partial charge in [-0.15, -0.1) is 0 Å². The fourth-order valence-corrected chi connectivity index (χ4v) is 1.80. The summed E-state index contributed by atoms with van der Waals surface area (Å²) in [5.41, 5.74) is -0.905. The molecule has 0 aliphatic carbocycles. The number of nitrogens with zero attached hydrogens (tertiary/aromatic N) is 2. The highest BCUT2D eigenvalue weighted by atomic mass is 35.5. The standard InChI is InChI=1S/C9H11ClF3N3O2S/c1-19(18)3-2-14-6-4-15-16(5-9(11,12)13)8(17)7(6)10/h4,14H,2-3,5H2,1H3. The Morgan fingerprint density at radius 1 is 1.53 bits per heavy atom. The maximum atomic E-state index is 12.2. The summed E-state index contributed by atoms with van der Waals surface area (Å²) in [6.45, 7) is -1.22. The molecule has 0 aliphatic heterocycles. The zero-order valence-electron chi connectivity index (χ0n) is 9.83. The maximum absolute atomic E-state index is 12.2. The van der Waals surface area contributed by atoms with Crippen LogP contribution in [-0.2, 0) is 17.3 Å². The van der Waals surface area contributed by atoms with E-state index in [1.165, 1.54) is 6.26 Å². The van der Waals surface area contributed by atoms with Gasteiger partial charge in [-0.25, -0.2) is 4.68 Å². The van der Waals surface area contributed by atoms with Crippen LogP contribution >= 0.6 is 11.6 Å². The minimum absolute atomic E-state index is 0.121. The number of anilines is 1. The first-order valence-corrected chi connectivity index (χ1v) is 7.17. The Morgan fingerprint density at radius 2 is 2.16 bits per heavy atom. The Kier molecular flexibility index (Phi) is 5.36. The van der Waals surface area contributed by atoms with E-state index in [9.17, 15) is 22.2 Å². The van der Waals surface area contributed by atoms with Crippen molar-refractivity contribution in [3.8, 4) is 0 Å². The zero-order valence-corrected chi connectivity index (χ0v) is 11.4. The number of halogens is 4. The molecule has 0 saturated heterocycles. The maximum Gasteiger partial charge on any atom is 0.408 e. The summed E-state index contributed by atoms with van der Waals surface area (Å²) in [5.74, 6) is 0.321. The third-order valence-electron chi connectivity index (χ3n) is 2.02. The Bertz CT molecular complexity index is 532. The van der Waals surface area contributed by atoms with Crippen molar-refractivity contribution in [1.29, 1.82) is 0 Å². The Labute approximate surface area is 114 Å². The van der Waals surface area contributed by atoms with Gasteiger partial charge in [0.2, 0.25) is 0 Å². The van der Waals surface area contributed by atoms with Crippen LogP contribution in [0.3, 0.4) is 0 Å². The van der Waals surface area contributed by atoms with Gasteiger partial charge in [-0.05, 0) is 0 Å². The van der Waals surface area contributed by atoms with Crippen LogP contribution in [-0.4, -0.2) is 38.7 Å². The van der Waals surface area contributed by atoms with E-state index in [-0.39, 0.29) is 21.9 Å². The van der Waals surface area contributed by atoms with Gasteiger partial charge in [0.05, 0.1) is 11.9 Å². The summed E-state index contributed by atoms with van der Waals surface area (Å²) >= 11 is 5.66. The normalized spacial score (nSPS) is 13.3. The first kappa shape index (κ1) is 16.0. The lowest BCUT2D eigenvalue weighted by Crippen LogP contribution is -2.31. The minimum atomic E-state index is -4.55. The smallest absolute Gasteiger partial charge is 0.381 e. The molecule has 108 valence electrons. The molecule has 1 N–H and O–H groups in total. The molecule has 10 heteroatoms. The average Bonchev–Trinajstić information content (AvgIpc) is 2.26. The molecule has 1 aromatic heterocycles. The number of hydrogen-bond acceptors (Lipinski definition) is 4. The molecule has 1 unspecified atom stereocenters. The SMILES string of the molecule is CS(=O)CCNc1cnn(CC(F)(F)F)c(=O)c1Cl. The van der Waals surface area contributed by atoms with Crippen LogP contribution in [0.25, 0.3) is 0 Å². The van der Waals surface area contributed by atoms with E-state index in [1.807, 2.05) is 0 Å². The second-order valence-electron chi connectivity index (χ2n) is 3.65. The summed E-state index contributed by atoms with van der Waals surface area (Å²) in [7, 11) is -1.03. The van der Waals surface area contributed by atoms with Crippen LogP contribution in [0.15, 0.2) is 11.0 Å². The average molecular weight is 318 g/mol. The van der Waals surface area contributed by atoms with Crippen molar-refractivity contribution in [2.45, 2.75) is 12.7 Å². The molecule has 0 amide bonds. The molecule has 19 heavy (non-hydrogen) atoms. The van der Waals surface area contributed by atoms with Crippen molar-refractivity contribution in [2.24, 2.45) is 0 Å². The van der Waals surface area contributed by atoms with E-state index in [4.69, 9.17) is 11.6 Å². The molecule has 0 radical (unpaired) electrons. The van der Waals surface area contributed by atoms with E-state index in [0.717, 1.165) is 6.20 Å². The van der Waals surface area contributed by atoms with Crippen molar-refractivity contribution in [2.75, 3.05) is 23.9 Å². The zero-order chi connectivity index (χ0) is 14.6. The third-order valence-corrected chi connectivity index (χ3v) is 3.16. The summed E-state index contributed by atoms with van der Waals surface area (Å²) in [6, 6.07) is 0. The summed E-state index contributed by atoms with van der Waals surface area (Å²) in [6.07, 6.45) is -2.01.